The van der Waals surface area contributed by atoms with Crippen molar-refractivity contribution >= 4 is 17.4 Å². The Balaban J connectivity index is 1.67. The van der Waals surface area contributed by atoms with E-state index in [4.69, 9.17) is 4.74 Å². The van der Waals surface area contributed by atoms with E-state index in [2.05, 4.69) is 34.5 Å². The number of carbonyl (C=O) groups is 2. The van der Waals surface area contributed by atoms with Gasteiger partial charge in [0, 0.05) is 23.7 Å². The second kappa shape index (κ2) is 6.53. The molecule has 3 aromatic rings. The van der Waals surface area contributed by atoms with E-state index in [0.717, 1.165) is 22.4 Å². The number of Topliss-reactive ketones (excluding diaryl/α,β-unsaturated/α-hetero) is 1. The summed E-state index contributed by atoms with van der Waals surface area (Å²) in [6.45, 7) is 2.77. The maximum absolute atomic E-state index is 14.5. The van der Waals surface area contributed by atoms with Gasteiger partial charge in [-0.2, -0.15) is 0 Å². The van der Waals surface area contributed by atoms with Gasteiger partial charge < -0.3 is 10.1 Å². The quantitative estimate of drug-likeness (QED) is 0.638. The Morgan fingerprint density at radius 1 is 0.969 bits per heavy atom. The van der Waals surface area contributed by atoms with Crippen LogP contribution in [0.3, 0.4) is 0 Å². The van der Waals surface area contributed by atoms with Gasteiger partial charge in [0.1, 0.15) is 23.3 Å². The molecule has 5 nitrogen and oxygen atoms in total. The number of benzene rings is 3. The number of likely N-dealkylation sites (tertiary alicyclic amines) is 1. The highest BCUT2D eigenvalue weighted by atomic mass is 16.5. The highest BCUT2D eigenvalue weighted by Crippen LogP contribution is 2.64. The van der Waals surface area contributed by atoms with Crippen LogP contribution in [0.2, 0.25) is 0 Å². The molecule has 1 fully saturated rings. The minimum atomic E-state index is -1.15. The van der Waals surface area contributed by atoms with Crippen molar-refractivity contribution in [2.45, 2.75) is 18.4 Å². The van der Waals surface area contributed by atoms with Gasteiger partial charge in [-0.15, -0.1) is 0 Å². The Kier molecular flexibility index (Phi) is 3.93. The second-order valence-electron chi connectivity index (χ2n) is 9.14. The van der Waals surface area contributed by atoms with Crippen LogP contribution in [-0.2, 0) is 10.3 Å². The fourth-order valence-electron chi connectivity index (χ4n) is 6.22. The third-order valence-electron chi connectivity index (χ3n) is 7.64. The summed E-state index contributed by atoms with van der Waals surface area (Å²) < 4.78 is 6.28. The van der Waals surface area contributed by atoms with Gasteiger partial charge in [-0.3, -0.25) is 14.5 Å². The van der Waals surface area contributed by atoms with Crippen LogP contribution in [0.25, 0.3) is 0 Å². The number of ketones is 1. The summed E-state index contributed by atoms with van der Waals surface area (Å²) in [5, 5.41) is 3.07. The molecular formula is C27H24N2O3. The Morgan fingerprint density at radius 2 is 1.69 bits per heavy atom. The summed E-state index contributed by atoms with van der Waals surface area (Å²) in [7, 11) is 1.95. The summed E-state index contributed by atoms with van der Waals surface area (Å²) in [6, 6.07) is 23.4. The Morgan fingerprint density at radius 3 is 2.50 bits per heavy atom. The van der Waals surface area contributed by atoms with Crippen molar-refractivity contribution in [3.63, 3.8) is 0 Å². The number of amides is 1. The van der Waals surface area contributed by atoms with Gasteiger partial charge in [-0.05, 0) is 37.7 Å². The van der Waals surface area contributed by atoms with Crippen LogP contribution in [0.4, 0.5) is 5.69 Å². The largest absolute Gasteiger partial charge is 0.492 e. The molecule has 160 valence electrons. The molecule has 1 N–H and O–H groups in total. The molecule has 0 aliphatic carbocycles. The van der Waals surface area contributed by atoms with Crippen molar-refractivity contribution in [2.24, 2.45) is 5.41 Å². The Labute approximate surface area is 187 Å². The van der Waals surface area contributed by atoms with Gasteiger partial charge >= 0.3 is 0 Å². The molecule has 0 radical (unpaired) electrons. The average molecular weight is 425 g/mol. The summed E-state index contributed by atoms with van der Waals surface area (Å²) in [6.07, 6.45) is 0. The molecule has 3 aliphatic heterocycles. The van der Waals surface area contributed by atoms with Gasteiger partial charge in [0.2, 0.25) is 0 Å². The molecule has 1 amide bonds. The summed E-state index contributed by atoms with van der Waals surface area (Å²) in [5.41, 5.74) is 2.12. The van der Waals surface area contributed by atoms with E-state index in [1.54, 1.807) is 0 Å². The summed E-state index contributed by atoms with van der Waals surface area (Å²) in [4.78, 5) is 30.4. The molecule has 6 rings (SSSR count). The zero-order valence-electron chi connectivity index (χ0n) is 18.1. The fourth-order valence-corrected chi connectivity index (χ4v) is 6.22. The number of fused-ring (bicyclic) bond motifs is 4. The first-order valence-corrected chi connectivity index (χ1v) is 11.0. The minimum Gasteiger partial charge on any atom is -0.492 e. The van der Waals surface area contributed by atoms with Crippen molar-refractivity contribution < 1.29 is 14.3 Å². The van der Waals surface area contributed by atoms with Gasteiger partial charge in [0.15, 0.2) is 5.78 Å². The number of nitrogens with zero attached hydrogens (tertiary/aromatic N) is 1. The molecular weight excluding hydrogens is 400 g/mol. The molecule has 5 heteroatoms. The highest BCUT2D eigenvalue weighted by molar-refractivity contribution is 6.15. The molecule has 3 aliphatic rings. The molecule has 32 heavy (non-hydrogen) atoms. The van der Waals surface area contributed by atoms with E-state index in [1.807, 2.05) is 62.5 Å². The molecule has 3 atom stereocenters. The van der Waals surface area contributed by atoms with Crippen molar-refractivity contribution in [3.05, 3.63) is 95.1 Å². The van der Waals surface area contributed by atoms with E-state index in [9.17, 15) is 9.59 Å². The van der Waals surface area contributed by atoms with E-state index < -0.39 is 11.0 Å². The monoisotopic (exact) mass is 424 g/mol. The molecule has 3 aromatic carbocycles. The third kappa shape index (κ3) is 2.16. The molecule has 0 saturated carbocycles. The van der Waals surface area contributed by atoms with Crippen molar-refractivity contribution in [2.75, 3.05) is 25.5 Å². The van der Waals surface area contributed by atoms with E-state index >= 15 is 0 Å². The Bertz CT molecular complexity index is 1270. The normalized spacial score (nSPS) is 28.5. The van der Waals surface area contributed by atoms with E-state index in [-0.39, 0.29) is 24.2 Å². The predicted octanol–water partition coefficient (Wildman–Crippen LogP) is 4.13. The lowest BCUT2D eigenvalue weighted by atomic mass is 9.57. The Hall–Kier alpha value is -3.44. The SMILES string of the molecule is Cc1ccc([C@H]2CN(C)[C@@]3(C(=O)Nc4ccccc43)[C@@]23COc2ccccc2C3=O)cc1. The van der Waals surface area contributed by atoms with Gasteiger partial charge in [0.25, 0.3) is 5.91 Å². The lowest BCUT2D eigenvalue weighted by Crippen LogP contribution is -2.62. The average Bonchev–Trinajstić information content (AvgIpc) is 3.25. The minimum absolute atomic E-state index is 0.0267. The molecule has 0 unspecified atom stereocenters. The lowest BCUT2D eigenvalue weighted by molar-refractivity contribution is -0.131. The standard InChI is InChI=1S/C27H24N2O3/c1-17-11-13-18(14-12-17)21-15-29(2)27(20-8-4-5-9-22(20)28-25(27)31)26(21)16-32-23-10-6-3-7-19(23)24(26)30/h3-14,21H,15-16H2,1-2H3,(H,28,31)/t21-,26+,27+/m1/s1. The van der Waals surface area contributed by atoms with Crippen LogP contribution in [0.5, 0.6) is 5.75 Å². The van der Waals surface area contributed by atoms with Crippen LogP contribution >= 0.6 is 0 Å². The summed E-state index contributed by atoms with van der Waals surface area (Å²) >= 11 is 0. The topological polar surface area (TPSA) is 58.6 Å². The number of para-hydroxylation sites is 2. The lowest BCUT2D eigenvalue weighted by Gasteiger charge is -2.47. The second-order valence-corrected chi connectivity index (χ2v) is 9.14. The number of carbonyl (C=O) groups excluding carboxylic acids is 2. The highest BCUT2D eigenvalue weighted by Gasteiger charge is 2.75. The molecule has 0 bridgehead atoms. The first-order valence-electron chi connectivity index (χ1n) is 11.0. The van der Waals surface area contributed by atoms with Crippen LogP contribution in [0.1, 0.15) is 33.0 Å². The predicted molar refractivity (Wildman–Crippen MR) is 122 cm³/mol. The van der Waals surface area contributed by atoms with Crippen LogP contribution in [0, 0.1) is 12.3 Å². The van der Waals surface area contributed by atoms with Crippen LogP contribution in [-0.4, -0.2) is 36.8 Å². The van der Waals surface area contributed by atoms with Crippen molar-refractivity contribution in [3.8, 4) is 5.75 Å². The van der Waals surface area contributed by atoms with Gasteiger partial charge in [-0.1, -0.05) is 60.2 Å². The third-order valence-corrected chi connectivity index (χ3v) is 7.64. The molecule has 1 saturated heterocycles. The number of anilines is 1. The van der Waals surface area contributed by atoms with Crippen LogP contribution in [0.15, 0.2) is 72.8 Å². The van der Waals surface area contributed by atoms with Gasteiger partial charge in [0.05, 0.1) is 5.56 Å². The van der Waals surface area contributed by atoms with E-state index in [0.29, 0.717) is 17.9 Å². The number of rotatable bonds is 1. The number of hydrogen-bond acceptors (Lipinski definition) is 4. The molecule has 3 heterocycles. The first-order chi connectivity index (χ1) is 15.5. The smallest absolute Gasteiger partial charge is 0.250 e. The zero-order chi connectivity index (χ0) is 22.1. The number of aryl methyl sites for hydroxylation is 1. The van der Waals surface area contributed by atoms with E-state index in [1.165, 1.54) is 0 Å². The molecule has 2 spiro atoms. The number of hydrogen-bond donors (Lipinski definition) is 1. The van der Waals surface area contributed by atoms with Gasteiger partial charge in [-0.25, -0.2) is 0 Å². The maximum atomic E-state index is 14.5. The maximum Gasteiger partial charge on any atom is 0.250 e. The van der Waals surface area contributed by atoms with Crippen molar-refractivity contribution in [1.29, 1.82) is 0 Å². The number of likely N-dealkylation sites (N-methyl/N-ethyl adjacent to an activating group) is 1. The van der Waals surface area contributed by atoms with Crippen LogP contribution < -0.4 is 10.1 Å². The summed E-state index contributed by atoms with van der Waals surface area (Å²) in [5.74, 6) is 0.196. The number of nitrogens with one attached hydrogen (secondary N) is 1. The molecule has 0 aromatic heterocycles. The van der Waals surface area contributed by atoms with Crippen molar-refractivity contribution in [1.82, 2.24) is 4.90 Å². The fraction of sp³-hybridized carbons (Fsp3) is 0.259. The number of ether oxygens (including phenoxy) is 1. The zero-order valence-corrected chi connectivity index (χ0v) is 18.1. The first kappa shape index (κ1) is 19.3.